The van der Waals surface area contributed by atoms with Crippen LogP contribution < -0.4 is 0 Å². The van der Waals surface area contributed by atoms with E-state index in [1.807, 2.05) is 0 Å². The number of carbonyl (C=O) groups excluding carboxylic acids is 1. The average Bonchev–Trinajstić information content (AvgIpc) is 2.12. The molecule has 1 unspecified atom stereocenters. The highest BCUT2D eigenvalue weighted by Gasteiger charge is 2.42. The Morgan fingerprint density at radius 2 is 1.85 bits per heavy atom. The minimum Gasteiger partial charge on any atom is -0.296 e. The van der Waals surface area contributed by atoms with E-state index in [9.17, 15) is 9.36 Å². The largest absolute Gasteiger partial charge is 0.695 e. The zero-order valence-corrected chi connectivity index (χ0v) is 9.13. The summed E-state index contributed by atoms with van der Waals surface area (Å²) in [6.07, 6.45) is 1.18. The van der Waals surface area contributed by atoms with Crippen molar-refractivity contribution in [3.8, 4) is 0 Å². The van der Waals surface area contributed by atoms with Crippen LogP contribution in [-0.4, -0.2) is 16.3 Å². The maximum Gasteiger partial charge on any atom is 0.695 e. The van der Waals surface area contributed by atoms with Crippen molar-refractivity contribution in [1.29, 1.82) is 0 Å². The highest BCUT2D eigenvalue weighted by molar-refractivity contribution is 7.32. The van der Waals surface area contributed by atoms with E-state index in [0.717, 1.165) is 0 Å². The first-order valence-electron chi connectivity index (χ1n) is 4.41. The van der Waals surface area contributed by atoms with E-state index in [1.54, 1.807) is 20.8 Å². The SMILES string of the molecule is CCC(=O)C(CC)(CC)O[P+](=O)O. The van der Waals surface area contributed by atoms with E-state index in [0.29, 0.717) is 19.3 Å². The molecule has 0 bridgehead atoms. The molecule has 0 saturated heterocycles. The van der Waals surface area contributed by atoms with Crippen LogP contribution in [-0.2, 0) is 13.9 Å². The Kier molecular flexibility index (Phi) is 5.30. The van der Waals surface area contributed by atoms with Crippen LogP contribution in [0.1, 0.15) is 40.0 Å². The topological polar surface area (TPSA) is 63.6 Å². The van der Waals surface area contributed by atoms with Gasteiger partial charge in [0.15, 0.2) is 11.4 Å². The third kappa shape index (κ3) is 3.14. The molecule has 4 nitrogen and oxygen atoms in total. The smallest absolute Gasteiger partial charge is 0.296 e. The quantitative estimate of drug-likeness (QED) is 0.678. The van der Waals surface area contributed by atoms with Crippen LogP contribution in [0, 0.1) is 0 Å². The molecule has 0 aliphatic rings. The molecule has 0 aliphatic carbocycles. The maximum atomic E-state index is 11.5. The van der Waals surface area contributed by atoms with E-state index in [-0.39, 0.29) is 5.78 Å². The molecule has 13 heavy (non-hydrogen) atoms. The van der Waals surface area contributed by atoms with Gasteiger partial charge in [-0.15, -0.1) is 9.42 Å². The Morgan fingerprint density at radius 3 is 2.08 bits per heavy atom. The van der Waals surface area contributed by atoms with Crippen molar-refractivity contribution in [2.75, 3.05) is 0 Å². The standard InChI is InChI=1S/C8H15O4P/c1-4-7(9)8(5-2,6-3)12-13(10)11/h4-6H2,1-3H3/p+1. The highest BCUT2D eigenvalue weighted by Crippen LogP contribution is 2.33. The Bertz CT molecular complexity index is 198. The number of ketones is 1. The summed E-state index contributed by atoms with van der Waals surface area (Å²) in [4.78, 5) is 20.1. The molecule has 0 radical (unpaired) electrons. The summed E-state index contributed by atoms with van der Waals surface area (Å²) in [7, 11) is -2.71. The summed E-state index contributed by atoms with van der Waals surface area (Å²) < 4.78 is 15.3. The van der Waals surface area contributed by atoms with Crippen molar-refractivity contribution in [1.82, 2.24) is 0 Å². The summed E-state index contributed by atoms with van der Waals surface area (Å²) in [5, 5.41) is 0. The van der Waals surface area contributed by atoms with E-state index in [1.165, 1.54) is 0 Å². The van der Waals surface area contributed by atoms with Gasteiger partial charge in [0.05, 0.1) is 0 Å². The van der Waals surface area contributed by atoms with E-state index < -0.39 is 13.9 Å². The third-order valence-electron chi connectivity index (χ3n) is 2.22. The van der Waals surface area contributed by atoms with Gasteiger partial charge in [0, 0.05) is 11.0 Å². The molecule has 0 aliphatic heterocycles. The van der Waals surface area contributed by atoms with Crippen LogP contribution in [0.3, 0.4) is 0 Å². The van der Waals surface area contributed by atoms with Crippen molar-refractivity contribution in [3.63, 3.8) is 0 Å². The molecular formula is C8H16O4P+. The van der Waals surface area contributed by atoms with Crippen LogP contribution in [0.25, 0.3) is 0 Å². The second kappa shape index (κ2) is 5.43. The van der Waals surface area contributed by atoms with Gasteiger partial charge >= 0.3 is 8.25 Å². The van der Waals surface area contributed by atoms with Crippen LogP contribution >= 0.6 is 8.25 Å². The van der Waals surface area contributed by atoms with E-state index in [4.69, 9.17) is 9.42 Å². The fraction of sp³-hybridized carbons (Fsp3) is 0.875. The van der Waals surface area contributed by atoms with Crippen LogP contribution in [0.5, 0.6) is 0 Å². The molecule has 0 rings (SSSR count). The highest BCUT2D eigenvalue weighted by atomic mass is 31.1. The predicted molar refractivity (Wildman–Crippen MR) is 49.5 cm³/mol. The number of rotatable bonds is 6. The molecule has 1 N–H and O–H groups in total. The van der Waals surface area contributed by atoms with Gasteiger partial charge in [-0.2, -0.15) is 0 Å². The molecule has 0 aromatic carbocycles. The molecule has 0 fully saturated rings. The lowest BCUT2D eigenvalue weighted by atomic mass is 9.91. The second-order valence-electron chi connectivity index (χ2n) is 2.81. The van der Waals surface area contributed by atoms with Gasteiger partial charge in [-0.1, -0.05) is 20.8 Å². The molecule has 76 valence electrons. The Labute approximate surface area is 79.2 Å². The number of carbonyl (C=O) groups is 1. The zero-order valence-electron chi connectivity index (χ0n) is 8.24. The van der Waals surface area contributed by atoms with Crippen LogP contribution in [0.15, 0.2) is 0 Å². The van der Waals surface area contributed by atoms with Gasteiger partial charge in [0.25, 0.3) is 0 Å². The molecule has 0 saturated carbocycles. The van der Waals surface area contributed by atoms with Gasteiger partial charge in [0.2, 0.25) is 0 Å². The Hall–Kier alpha value is -0.310. The Morgan fingerprint density at radius 1 is 1.38 bits per heavy atom. The first-order chi connectivity index (χ1) is 6.02. The summed E-state index contributed by atoms with van der Waals surface area (Å²) in [6.45, 7) is 5.27. The molecule has 0 amide bonds. The molecule has 0 spiro atoms. The minimum atomic E-state index is -2.71. The van der Waals surface area contributed by atoms with Crippen molar-refractivity contribution >= 4 is 14.0 Å². The normalized spacial score (nSPS) is 12.8. The lowest BCUT2D eigenvalue weighted by Gasteiger charge is -2.21. The number of hydrogen-bond acceptors (Lipinski definition) is 3. The van der Waals surface area contributed by atoms with Crippen molar-refractivity contribution < 1.29 is 18.8 Å². The molecular weight excluding hydrogens is 191 g/mol. The molecule has 5 heteroatoms. The third-order valence-corrected chi connectivity index (χ3v) is 2.73. The monoisotopic (exact) mass is 207 g/mol. The lowest BCUT2D eigenvalue weighted by molar-refractivity contribution is -0.135. The van der Waals surface area contributed by atoms with Gasteiger partial charge in [0.1, 0.15) is 0 Å². The minimum absolute atomic E-state index is 0.116. The predicted octanol–water partition coefficient (Wildman–Crippen LogP) is 2.19. The number of Topliss-reactive ketones (excluding diaryl/α,β-unsaturated/α-hetero) is 1. The summed E-state index contributed by atoms with van der Waals surface area (Å²) in [6, 6.07) is 0. The molecule has 1 atom stereocenters. The fourth-order valence-corrected chi connectivity index (χ4v) is 1.95. The zero-order chi connectivity index (χ0) is 10.5. The van der Waals surface area contributed by atoms with Crippen molar-refractivity contribution in [2.24, 2.45) is 0 Å². The Balaban J connectivity index is 4.68. The number of hydrogen-bond donors (Lipinski definition) is 1. The van der Waals surface area contributed by atoms with E-state index in [2.05, 4.69) is 0 Å². The fourth-order valence-electron chi connectivity index (χ4n) is 1.30. The van der Waals surface area contributed by atoms with Crippen molar-refractivity contribution in [2.45, 2.75) is 45.6 Å². The maximum absolute atomic E-state index is 11.5. The van der Waals surface area contributed by atoms with E-state index >= 15 is 0 Å². The van der Waals surface area contributed by atoms with Gasteiger partial charge in [-0.25, -0.2) is 0 Å². The first-order valence-corrected chi connectivity index (χ1v) is 5.54. The second-order valence-corrected chi connectivity index (χ2v) is 3.47. The van der Waals surface area contributed by atoms with Crippen LogP contribution in [0.4, 0.5) is 0 Å². The molecule has 0 aromatic rings. The first kappa shape index (κ1) is 12.7. The van der Waals surface area contributed by atoms with Gasteiger partial charge in [-0.05, 0) is 12.8 Å². The van der Waals surface area contributed by atoms with Gasteiger partial charge in [-0.3, -0.25) is 4.79 Å². The molecule has 0 aromatic heterocycles. The van der Waals surface area contributed by atoms with Gasteiger partial charge < -0.3 is 0 Å². The summed E-state index contributed by atoms with van der Waals surface area (Å²) in [5.41, 5.74) is -1.06. The summed E-state index contributed by atoms with van der Waals surface area (Å²) in [5.74, 6) is -0.116. The lowest BCUT2D eigenvalue weighted by Crippen LogP contribution is -2.38. The molecule has 0 heterocycles. The van der Waals surface area contributed by atoms with Crippen molar-refractivity contribution in [3.05, 3.63) is 0 Å². The van der Waals surface area contributed by atoms with Crippen LogP contribution in [0.2, 0.25) is 0 Å². The summed E-state index contributed by atoms with van der Waals surface area (Å²) >= 11 is 0. The average molecular weight is 207 g/mol.